The molecule has 0 aliphatic carbocycles. The molecule has 0 saturated heterocycles. The van der Waals surface area contributed by atoms with Gasteiger partial charge in [0.1, 0.15) is 17.3 Å². The number of amides is 1. The smallest absolute Gasteiger partial charge is 0.255 e. The second-order valence-electron chi connectivity index (χ2n) is 9.43. The molecule has 0 saturated carbocycles. The van der Waals surface area contributed by atoms with Crippen LogP contribution in [0.2, 0.25) is 0 Å². The Kier molecular flexibility index (Phi) is 7.55. The molecule has 0 radical (unpaired) electrons. The number of nitrogens with two attached hydrogens (primary N) is 1. The molecule has 0 fully saturated rings. The normalized spacial score (nSPS) is 11.2. The second-order valence-corrected chi connectivity index (χ2v) is 9.43. The number of methoxy groups -OCH3 is 2. The summed E-state index contributed by atoms with van der Waals surface area (Å²) in [6.45, 7) is 3.81. The van der Waals surface area contributed by atoms with Crippen LogP contribution in [0.5, 0.6) is 5.75 Å². The zero-order valence-corrected chi connectivity index (χ0v) is 22.2. The summed E-state index contributed by atoms with van der Waals surface area (Å²) in [6.07, 6.45) is 7.28. The first-order valence-electron chi connectivity index (χ1n) is 12.5. The summed E-state index contributed by atoms with van der Waals surface area (Å²) < 4.78 is 14.5. The highest BCUT2D eigenvalue weighted by atomic mass is 16.5. The van der Waals surface area contributed by atoms with Gasteiger partial charge in [-0.25, -0.2) is 4.98 Å². The van der Waals surface area contributed by atoms with E-state index in [4.69, 9.17) is 15.2 Å². The van der Waals surface area contributed by atoms with Crippen molar-refractivity contribution in [3.63, 3.8) is 0 Å². The molecule has 5 aromatic rings. The molecule has 10 nitrogen and oxygen atoms in total. The highest BCUT2D eigenvalue weighted by molar-refractivity contribution is 5.97. The van der Waals surface area contributed by atoms with Gasteiger partial charge in [0, 0.05) is 32.2 Å². The topological polar surface area (TPSA) is 122 Å². The van der Waals surface area contributed by atoms with Crippen LogP contribution in [0.1, 0.15) is 38.3 Å². The number of fused-ring (bicyclic) bond motifs is 1. The number of aromatic nitrogens is 5. The van der Waals surface area contributed by atoms with Gasteiger partial charge >= 0.3 is 0 Å². The van der Waals surface area contributed by atoms with Gasteiger partial charge in [-0.05, 0) is 52.8 Å². The van der Waals surface area contributed by atoms with Gasteiger partial charge in [-0.1, -0.05) is 24.3 Å². The number of nitrogen functional groups attached to an aromatic ring is 1. The Labute approximate surface area is 226 Å². The lowest BCUT2D eigenvalue weighted by atomic mass is 10.1. The Morgan fingerprint density at radius 1 is 1.00 bits per heavy atom. The first-order valence-corrected chi connectivity index (χ1v) is 12.5. The first-order chi connectivity index (χ1) is 18.9. The van der Waals surface area contributed by atoms with E-state index in [1.807, 2.05) is 42.2 Å². The van der Waals surface area contributed by atoms with Crippen LogP contribution in [0.4, 0.5) is 5.82 Å². The zero-order valence-electron chi connectivity index (χ0n) is 22.2. The minimum absolute atomic E-state index is 0.230. The summed E-state index contributed by atoms with van der Waals surface area (Å²) in [5.41, 5.74) is 11.3. The number of rotatable bonds is 10. The molecule has 2 aromatic carbocycles. The molecule has 0 aliphatic heterocycles. The predicted octanol–water partition coefficient (Wildman–Crippen LogP) is 3.70. The number of carbonyl (C=O) groups excluding carboxylic acids is 1. The van der Waals surface area contributed by atoms with Gasteiger partial charge in [-0.3, -0.25) is 14.2 Å². The molecular formula is C29H31N7O3. The van der Waals surface area contributed by atoms with Crippen LogP contribution in [0.3, 0.4) is 0 Å². The lowest BCUT2D eigenvalue weighted by Crippen LogP contribution is -2.23. The van der Waals surface area contributed by atoms with Crippen molar-refractivity contribution < 1.29 is 14.3 Å². The first kappa shape index (κ1) is 25.9. The quantitative estimate of drug-likeness (QED) is 0.285. The maximum Gasteiger partial charge on any atom is 0.255 e. The van der Waals surface area contributed by atoms with E-state index in [2.05, 4.69) is 44.8 Å². The van der Waals surface area contributed by atoms with E-state index >= 15 is 0 Å². The Balaban J connectivity index is 1.28. The van der Waals surface area contributed by atoms with Gasteiger partial charge in [0.2, 0.25) is 0 Å². The molecule has 0 unspecified atom stereocenters. The third-order valence-electron chi connectivity index (χ3n) is 6.43. The Bertz CT molecular complexity index is 1610. The third-order valence-corrected chi connectivity index (χ3v) is 6.43. The van der Waals surface area contributed by atoms with E-state index in [0.717, 1.165) is 33.0 Å². The van der Waals surface area contributed by atoms with Crippen LogP contribution in [-0.4, -0.2) is 44.7 Å². The van der Waals surface area contributed by atoms with Crippen LogP contribution >= 0.6 is 0 Å². The maximum atomic E-state index is 13.2. The molecule has 0 atom stereocenters. The predicted molar refractivity (Wildman–Crippen MR) is 148 cm³/mol. The van der Waals surface area contributed by atoms with Gasteiger partial charge in [0.05, 0.1) is 44.0 Å². The minimum Gasteiger partial charge on any atom is -0.496 e. The Morgan fingerprint density at radius 2 is 1.74 bits per heavy atom. The number of nitrogens with zero attached hydrogens (tertiary/aromatic N) is 5. The number of benzene rings is 2. The number of anilines is 1. The van der Waals surface area contributed by atoms with Crippen molar-refractivity contribution in [3.8, 4) is 5.75 Å². The summed E-state index contributed by atoms with van der Waals surface area (Å²) in [4.78, 5) is 17.3. The van der Waals surface area contributed by atoms with E-state index in [0.29, 0.717) is 42.5 Å². The average Bonchev–Trinajstić information content (AvgIpc) is 3.53. The number of hydrogen-bond donors (Lipinski definition) is 2. The zero-order chi connectivity index (χ0) is 27.4. The average molecular weight is 526 g/mol. The fourth-order valence-corrected chi connectivity index (χ4v) is 4.56. The van der Waals surface area contributed by atoms with Crippen LogP contribution in [0.25, 0.3) is 10.8 Å². The number of aryl methyl sites for hydroxylation is 1. The summed E-state index contributed by atoms with van der Waals surface area (Å²) in [5, 5.41) is 13.6. The molecule has 1 amide bonds. The van der Waals surface area contributed by atoms with Crippen molar-refractivity contribution in [2.75, 3.05) is 20.0 Å². The fraction of sp³-hybridized carbons (Fsp3) is 0.241. The van der Waals surface area contributed by atoms with E-state index in [-0.39, 0.29) is 12.5 Å². The van der Waals surface area contributed by atoms with Crippen molar-refractivity contribution in [1.82, 2.24) is 29.9 Å². The molecular weight excluding hydrogens is 494 g/mol. The van der Waals surface area contributed by atoms with Crippen molar-refractivity contribution in [2.24, 2.45) is 0 Å². The molecule has 39 heavy (non-hydrogen) atoms. The monoisotopic (exact) mass is 525 g/mol. The summed E-state index contributed by atoms with van der Waals surface area (Å²) in [5.74, 6) is 0.784. The van der Waals surface area contributed by atoms with Crippen LogP contribution < -0.4 is 15.8 Å². The molecule has 0 bridgehead atoms. The SMILES string of the molecule is COCc1nn(Cc2ccc(Cn3cc(C)cn3)cc2)cc1C(=O)NCc1cc(OC)c2c(N)nccc2c1. The van der Waals surface area contributed by atoms with Gasteiger partial charge in [-0.2, -0.15) is 10.2 Å². The molecule has 10 heteroatoms. The van der Waals surface area contributed by atoms with Crippen molar-refractivity contribution in [1.29, 1.82) is 0 Å². The fourth-order valence-electron chi connectivity index (χ4n) is 4.56. The molecule has 0 spiro atoms. The lowest BCUT2D eigenvalue weighted by Gasteiger charge is -2.11. The number of carbonyl (C=O) groups is 1. The Hall–Kier alpha value is -4.70. The summed E-state index contributed by atoms with van der Waals surface area (Å²) in [6, 6.07) is 14.0. The van der Waals surface area contributed by atoms with E-state index in [9.17, 15) is 4.79 Å². The maximum absolute atomic E-state index is 13.2. The number of ether oxygens (including phenoxy) is 2. The number of pyridine rings is 1. The Morgan fingerprint density at radius 3 is 2.41 bits per heavy atom. The third kappa shape index (κ3) is 5.91. The van der Waals surface area contributed by atoms with Gasteiger partial charge in [0.15, 0.2) is 0 Å². The highest BCUT2D eigenvalue weighted by Gasteiger charge is 2.17. The minimum atomic E-state index is -0.230. The van der Waals surface area contributed by atoms with Crippen LogP contribution in [0.15, 0.2) is 67.3 Å². The summed E-state index contributed by atoms with van der Waals surface area (Å²) >= 11 is 0. The van der Waals surface area contributed by atoms with E-state index < -0.39 is 0 Å². The van der Waals surface area contributed by atoms with Crippen LogP contribution in [0, 0.1) is 6.92 Å². The largest absolute Gasteiger partial charge is 0.496 e. The van der Waals surface area contributed by atoms with Crippen molar-refractivity contribution >= 4 is 22.5 Å². The highest BCUT2D eigenvalue weighted by Crippen LogP contribution is 2.31. The van der Waals surface area contributed by atoms with Gasteiger partial charge in [0.25, 0.3) is 5.91 Å². The number of nitrogens with one attached hydrogen (secondary N) is 1. The van der Waals surface area contributed by atoms with Gasteiger partial charge < -0.3 is 20.5 Å². The van der Waals surface area contributed by atoms with Gasteiger partial charge in [-0.15, -0.1) is 0 Å². The molecule has 3 N–H and O–H groups in total. The molecule has 3 heterocycles. The van der Waals surface area contributed by atoms with Crippen molar-refractivity contribution in [2.45, 2.75) is 33.2 Å². The molecule has 0 aliphatic rings. The number of hydrogen-bond acceptors (Lipinski definition) is 7. The van der Waals surface area contributed by atoms with Crippen molar-refractivity contribution in [3.05, 3.63) is 101 Å². The molecule has 3 aromatic heterocycles. The lowest BCUT2D eigenvalue weighted by molar-refractivity contribution is 0.0946. The molecule has 5 rings (SSSR count). The molecule has 200 valence electrons. The van der Waals surface area contributed by atoms with E-state index in [1.54, 1.807) is 31.3 Å². The standard InChI is InChI=1S/C29H31N7O3/c1-19-12-33-35(14-19)15-20-4-6-21(7-5-20)16-36-17-24(25(34-36)18-38-2)29(37)32-13-22-10-23-8-9-31-28(30)27(23)26(11-22)39-3/h4-12,14,17H,13,15-16,18H2,1-3H3,(H2,30,31)(H,32,37). The van der Waals surface area contributed by atoms with Crippen LogP contribution in [-0.2, 0) is 31.0 Å². The summed E-state index contributed by atoms with van der Waals surface area (Å²) in [7, 11) is 3.17. The van der Waals surface area contributed by atoms with E-state index in [1.165, 1.54) is 0 Å². The second kappa shape index (κ2) is 11.4.